The molecule has 6 nitrogen and oxygen atoms in total. The first-order valence-corrected chi connectivity index (χ1v) is 12.9. The van der Waals surface area contributed by atoms with Crippen molar-refractivity contribution in [2.24, 2.45) is 0 Å². The molecule has 1 saturated carbocycles. The van der Waals surface area contributed by atoms with Crippen molar-refractivity contribution in [3.63, 3.8) is 0 Å². The number of aromatic nitrogens is 1. The molecular weight excluding hydrogens is 438 g/mol. The number of hydrogen-bond donors (Lipinski definition) is 1. The van der Waals surface area contributed by atoms with Crippen LogP contribution in [-0.4, -0.2) is 32.9 Å². The highest BCUT2D eigenvalue weighted by Crippen LogP contribution is 2.34. The maximum absolute atomic E-state index is 14.0. The summed E-state index contributed by atoms with van der Waals surface area (Å²) in [7, 11) is 0. The van der Waals surface area contributed by atoms with Crippen LogP contribution in [-0.2, 0) is 17.9 Å². The van der Waals surface area contributed by atoms with E-state index in [-0.39, 0.29) is 17.9 Å². The van der Waals surface area contributed by atoms with Gasteiger partial charge in [-0.05, 0) is 56.5 Å². The van der Waals surface area contributed by atoms with Gasteiger partial charge in [0.2, 0.25) is 5.91 Å². The van der Waals surface area contributed by atoms with Crippen molar-refractivity contribution in [3.8, 4) is 11.5 Å². The molecule has 2 amide bonds. The molecule has 184 valence electrons. The number of furan rings is 1. The van der Waals surface area contributed by atoms with Crippen LogP contribution in [0.4, 0.5) is 0 Å². The summed E-state index contributed by atoms with van der Waals surface area (Å²) in [5.41, 5.74) is 2.53. The van der Waals surface area contributed by atoms with Gasteiger partial charge in [0.25, 0.3) is 5.91 Å². The van der Waals surface area contributed by atoms with Gasteiger partial charge in [-0.3, -0.25) is 9.59 Å². The van der Waals surface area contributed by atoms with Gasteiger partial charge in [0.1, 0.15) is 17.0 Å². The molecule has 0 spiro atoms. The van der Waals surface area contributed by atoms with E-state index < -0.39 is 5.54 Å². The molecule has 0 saturated heterocycles. The lowest BCUT2D eigenvalue weighted by Crippen LogP contribution is -2.64. The number of carbonyl (C=O) groups excluding carboxylic acids is 2. The van der Waals surface area contributed by atoms with Gasteiger partial charge in [0, 0.05) is 12.6 Å². The highest BCUT2D eigenvalue weighted by Gasteiger charge is 2.48. The van der Waals surface area contributed by atoms with Crippen LogP contribution < -0.4 is 5.32 Å². The number of carbonyl (C=O) groups is 2. The molecule has 1 atom stereocenters. The predicted molar refractivity (Wildman–Crippen MR) is 136 cm³/mol. The maximum Gasteiger partial charge on any atom is 0.271 e. The van der Waals surface area contributed by atoms with Crippen molar-refractivity contribution in [1.29, 1.82) is 0 Å². The fourth-order valence-electron chi connectivity index (χ4n) is 5.59. The molecule has 3 heterocycles. The summed E-state index contributed by atoms with van der Waals surface area (Å²) in [5, 5.41) is 3.35. The Morgan fingerprint density at radius 3 is 2.49 bits per heavy atom. The smallest absolute Gasteiger partial charge is 0.271 e. The summed E-state index contributed by atoms with van der Waals surface area (Å²) >= 11 is 0. The topological polar surface area (TPSA) is 67.5 Å². The molecule has 1 aliphatic heterocycles. The quantitative estimate of drug-likeness (QED) is 0.517. The lowest BCUT2D eigenvalue weighted by Gasteiger charge is -2.45. The molecule has 2 aliphatic rings. The Morgan fingerprint density at radius 1 is 1.03 bits per heavy atom. The van der Waals surface area contributed by atoms with Gasteiger partial charge in [-0.1, -0.05) is 61.9 Å². The maximum atomic E-state index is 14.0. The third-order valence-electron chi connectivity index (χ3n) is 7.63. The number of nitrogens with zero attached hydrogens (tertiary/aromatic N) is 2. The van der Waals surface area contributed by atoms with Gasteiger partial charge < -0.3 is 19.2 Å². The van der Waals surface area contributed by atoms with Crippen LogP contribution in [0.2, 0.25) is 0 Å². The first-order chi connectivity index (χ1) is 17.0. The van der Waals surface area contributed by atoms with E-state index >= 15 is 0 Å². The van der Waals surface area contributed by atoms with Crippen molar-refractivity contribution < 1.29 is 14.0 Å². The molecule has 0 radical (unpaired) electrons. The zero-order valence-corrected chi connectivity index (χ0v) is 20.8. The summed E-state index contributed by atoms with van der Waals surface area (Å²) in [4.78, 5) is 29.6. The SMILES string of the molecule is Cc1cccc(CN2C(=O)c3ccc(-c4ccco4)n3C[C@]2(C)C(=O)NC2CCCCCCC2)c1. The van der Waals surface area contributed by atoms with Crippen molar-refractivity contribution >= 4 is 11.8 Å². The number of fused-ring (bicyclic) bond motifs is 1. The normalized spacial score (nSPS) is 21.3. The average Bonchev–Trinajstić information content (AvgIpc) is 3.48. The molecule has 1 aromatic carbocycles. The van der Waals surface area contributed by atoms with E-state index in [2.05, 4.69) is 11.4 Å². The van der Waals surface area contributed by atoms with Gasteiger partial charge in [-0.25, -0.2) is 0 Å². The molecule has 0 bridgehead atoms. The van der Waals surface area contributed by atoms with Crippen molar-refractivity contribution in [3.05, 3.63) is 71.6 Å². The van der Waals surface area contributed by atoms with Crippen molar-refractivity contribution in [2.75, 3.05) is 0 Å². The third kappa shape index (κ3) is 4.66. The summed E-state index contributed by atoms with van der Waals surface area (Å²) < 4.78 is 7.59. The molecule has 35 heavy (non-hydrogen) atoms. The van der Waals surface area contributed by atoms with Gasteiger partial charge in [-0.15, -0.1) is 0 Å². The molecular formula is C29H35N3O3. The third-order valence-corrected chi connectivity index (χ3v) is 7.63. The minimum Gasteiger partial charge on any atom is -0.463 e. The van der Waals surface area contributed by atoms with Gasteiger partial charge >= 0.3 is 0 Å². The lowest BCUT2D eigenvalue weighted by molar-refractivity contribution is -0.134. The number of benzene rings is 1. The Bertz CT molecular complexity index is 1190. The second-order valence-electron chi connectivity index (χ2n) is 10.3. The van der Waals surface area contributed by atoms with Crippen LogP contribution in [0, 0.1) is 6.92 Å². The average molecular weight is 474 g/mol. The van der Waals surface area contributed by atoms with Crippen LogP contribution in [0.3, 0.4) is 0 Å². The van der Waals surface area contributed by atoms with Crippen molar-refractivity contribution in [2.45, 2.75) is 83.5 Å². The second-order valence-corrected chi connectivity index (χ2v) is 10.3. The Morgan fingerprint density at radius 2 is 1.77 bits per heavy atom. The summed E-state index contributed by atoms with van der Waals surface area (Å²) in [6.45, 7) is 4.72. The van der Waals surface area contributed by atoms with Crippen LogP contribution in [0.1, 0.15) is 73.5 Å². The molecule has 0 unspecified atom stereocenters. The van der Waals surface area contributed by atoms with Gasteiger partial charge in [0.15, 0.2) is 0 Å². The van der Waals surface area contributed by atoms with Gasteiger partial charge in [-0.2, -0.15) is 0 Å². The van der Waals surface area contributed by atoms with E-state index in [0.717, 1.165) is 42.5 Å². The number of aryl methyl sites for hydroxylation is 1. The van der Waals surface area contributed by atoms with Crippen LogP contribution in [0.25, 0.3) is 11.5 Å². The minimum absolute atomic E-state index is 0.0752. The fraction of sp³-hybridized carbons (Fsp3) is 0.448. The molecule has 3 aromatic rings. The van der Waals surface area contributed by atoms with Crippen LogP contribution >= 0.6 is 0 Å². The van der Waals surface area contributed by atoms with Crippen LogP contribution in [0.5, 0.6) is 0 Å². The van der Waals surface area contributed by atoms with Crippen molar-refractivity contribution in [1.82, 2.24) is 14.8 Å². The van der Waals surface area contributed by atoms with E-state index in [1.807, 2.05) is 60.9 Å². The largest absolute Gasteiger partial charge is 0.463 e. The highest BCUT2D eigenvalue weighted by molar-refractivity contribution is 6.00. The number of hydrogen-bond acceptors (Lipinski definition) is 3. The Hall–Kier alpha value is -3.28. The Labute approximate surface area is 207 Å². The molecule has 1 N–H and O–H groups in total. The van der Waals surface area contributed by atoms with E-state index in [1.165, 1.54) is 19.3 Å². The number of nitrogens with one attached hydrogen (secondary N) is 1. The first kappa shape index (κ1) is 23.5. The summed E-state index contributed by atoms with van der Waals surface area (Å²) in [6.07, 6.45) is 9.63. The monoisotopic (exact) mass is 473 g/mol. The molecule has 6 heteroatoms. The van der Waals surface area contributed by atoms with E-state index in [4.69, 9.17) is 4.42 Å². The fourth-order valence-corrected chi connectivity index (χ4v) is 5.59. The first-order valence-electron chi connectivity index (χ1n) is 12.9. The summed E-state index contributed by atoms with van der Waals surface area (Å²) in [6, 6.07) is 15.8. The predicted octanol–water partition coefficient (Wildman–Crippen LogP) is 5.70. The van der Waals surface area contributed by atoms with E-state index in [0.29, 0.717) is 24.5 Å². The lowest BCUT2D eigenvalue weighted by atomic mass is 9.91. The Balaban J connectivity index is 1.50. The van der Waals surface area contributed by atoms with Gasteiger partial charge in [0.05, 0.1) is 18.5 Å². The van der Waals surface area contributed by atoms with E-state index in [9.17, 15) is 9.59 Å². The molecule has 1 aliphatic carbocycles. The summed E-state index contributed by atoms with van der Waals surface area (Å²) in [5.74, 6) is 0.485. The second kappa shape index (κ2) is 9.76. The number of rotatable bonds is 5. The van der Waals surface area contributed by atoms with Crippen LogP contribution in [0.15, 0.2) is 59.2 Å². The van der Waals surface area contributed by atoms with E-state index in [1.54, 1.807) is 11.2 Å². The molecule has 1 fully saturated rings. The Kier molecular flexibility index (Phi) is 6.54. The highest BCUT2D eigenvalue weighted by atomic mass is 16.3. The molecule has 2 aromatic heterocycles. The number of amides is 2. The minimum atomic E-state index is -1.03. The zero-order chi connectivity index (χ0) is 24.4. The standard InChI is InChI=1S/C29H35N3O3/c1-21-10-8-11-22(18-21)19-32-27(33)25-16-15-24(26-14-9-17-35-26)31(25)20-29(32,2)28(34)30-23-12-6-4-3-5-7-13-23/h8-11,14-18,23H,3-7,12-13,19-20H2,1-2H3,(H,30,34)/t29-/m1/s1. The molecule has 5 rings (SSSR count). The zero-order valence-electron chi connectivity index (χ0n) is 20.8.